The Labute approximate surface area is 216 Å². The average molecular weight is 471 g/mol. The highest BCUT2D eigenvalue weighted by Crippen LogP contribution is 2.52. The van der Waals surface area contributed by atoms with E-state index in [0.29, 0.717) is 0 Å². The van der Waals surface area contributed by atoms with Gasteiger partial charge in [0.15, 0.2) is 0 Å². The van der Waals surface area contributed by atoms with E-state index in [1.807, 2.05) is 18.2 Å². The first-order valence-corrected chi connectivity index (χ1v) is 12.5. The van der Waals surface area contributed by atoms with Crippen LogP contribution in [0.1, 0.15) is 30.5 Å². The standard InChI is InChI=1S/C35H22N2/c1-35(2)32-9-4-3-6-26(32)27-13-11-23(18-33(27)35)24-14-15-30-25-12-10-21(16-22(19-36)20-37)17-31(25)29-8-5-7-28(24)34(29)30/h3-18H,1-2H3. The minimum absolute atomic E-state index is 0.0390. The summed E-state index contributed by atoms with van der Waals surface area (Å²) >= 11 is 0. The second-order valence-electron chi connectivity index (χ2n) is 10.4. The molecule has 7 rings (SSSR count). The van der Waals surface area contributed by atoms with Gasteiger partial charge in [0.2, 0.25) is 0 Å². The maximum atomic E-state index is 9.19. The summed E-state index contributed by atoms with van der Waals surface area (Å²) < 4.78 is 0. The van der Waals surface area contributed by atoms with Crippen LogP contribution in [-0.4, -0.2) is 0 Å². The summed E-state index contributed by atoms with van der Waals surface area (Å²) in [4.78, 5) is 0. The van der Waals surface area contributed by atoms with Gasteiger partial charge in [-0.15, -0.1) is 0 Å². The molecular formula is C35H22N2. The monoisotopic (exact) mass is 470 g/mol. The Morgan fingerprint density at radius 3 is 2.14 bits per heavy atom. The number of fused-ring (bicyclic) bond motifs is 6. The van der Waals surface area contributed by atoms with Crippen molar-refractivity contribution in [2.24, 2.45) is 0 Å². The third-order valence-electron chi connectivity index (χ3n) is 8.11. The molecule has 0 fully saturated rings. The van der Waals surface area contributed by atoms with Crippen molar-refractivity contribution in [1.29, 1.82) is 10.5 Å². The first-order chi connectivity index (χ1) is 18.0. The van der Waals surface area contributed by atoms with Crippen LogP contribution in [0.15, 0.2) is 96.6 Å². The molecule has 2 aliphatic carbocycles. The number of nitrogens with zero attached hydrogens (tertiary/aromatic N) is 2. The van der Waals surface area contributed by atoms with Gasteiger partial charge in [0.25, 0.3) is 0 Å². The fourth-order valence-corrected chi connectivity index (χ4v) is 6.34. The smallest absolute Gasteiger partial charge is 0.130 e. The number of nitriles is 2. The molecule has 0 saturated heterocycles. The van der Waals surface area contributed by atoms with E-state index >= 15 is 0 Å². The fraction of sp³-hybridized carbons (Fsp3) is 0.0857. The molecule has 0 unspecified atom stereocenters. The molecular weight excluding hydrogens is 448 g/mol. The summed E-state index contributed by atoms with van der Waals surface area (Å²) in [7, 11) is 0. The molecule has 172 valence electrons. The highest BCUT2D eigenvalue weighted by molar-refractivity contribution is 6.19. The van der Waals surface area contributed by atoms with E-state index in [2.05, 4.69) is 98.8 Å². The Balaban J connectivity index is 1.40. The average Bonchev–Trinajstić information content (AvgIpc) is 3.37. The molecule has 2 nitrogen and oxygen atoms in total. The van der Waals surface area contributed by atoms with Gasteiger partial charge in [0, 0.05) is 5.41 Å². The quantitative estimate of drug-likeness (QED) is 0.237. The zero-order chi connectivity index (χ0) is 25.3. The van der Waals surface area contributed by atoms with Gasteiger partial charge in [0.05, 0.1) is 0 Å². The van der Waals surface area contributed by atoms with Crippen LogP contribution in [0, 0.1) is 22.7 Å². The lowest BCUT2D eigenvalue weighted by molar-refractivity contribution is 0.660. The zero-order valence-electron chi connectivity index (χ0n) is 20.6. The van der Waals surface area contributed by atoms with Gasteiger partial charge in [0.1, 0.15) is 17.7 Å². The van der Waals surface area contributed by atoms with Crippen molar-refractivity contribution in [3.8, 4) is 56.6 Å². The SMILES string of the molecule is CC1(C)c2ccccc2-c2ccc(-c3ccc4c5c(cccc35)-c3cc(C=C(C#N)C#N)ccc3-4)cc21. The first kappa shape index (κ1) is 21.4. The van der Waals surface area contributed by atoms with Crippen LogP contribution in [0.3, 0.4) is 0 Å². The van der Waals surface area contributed by atoms with Gasteiger partial charge < -0.3 is 0 Å². The van der Waals surface area contributed by atoms with E-state index in [9.17, 15) is 10.5 Å². The van der Waals surface area contributed by atoms with Crippen LogP contribution in [0.25, 0.3) is 61.4 Å². The van der Waals surface area contributed by atoms with Gasteiger partial charge in [-0.2, -0.15) is 10.5 Å². The Morgan fingerprint density at radius 2 is 1.30 bits per heavy atom. The maximum Gasteiger partial charge on any atom is 0.130 e. The van der Waals surface area contributed by atoms with Crippen molar-refractivity contribution in [2.45, 2.75) is 19.3 Å². The minimum atomic E-state index is -0.0390. The summed E-state index contributed by atoms with van der Waals surface area (Å²) in [6, 6.07) is 36.8. The summed E-state index contributed by atoms with van der Waals surface area (Å²) in [6.07, 6.45) is 1.65. The Morgan fingerprint density at radius 1 is 0.622 bits per heavy atom. The van der Waals surface area contributed by atoms with Gasteiger partial charge in [-0.1, -0.05) is 92.7 Å². The van der Waals surface area contributed by atoms with Crippen LogP contribution < -0.4 is 0 Å². The first-order valence-electron chi connectivity index (χ1n) is 12.5. The number of hydrogen-bond acceptors (Lipinski definition) is 2. The Kier molecular flexibility index (Phi) is 4.35. The number of benzene rings is 5. The van der Waals surface area contributed by atoms with Crippen molar-refractivity contribution in [3.05, 3.63) is 113 Å². The van der Waals surface area contributed by atoms with Crippen molar-refractivity contribution in [3.63, 3.8) is 0 Å². The number of allylic oxidation sites excluding steroid dienone is 1. The predicted octanol–water partition coefficient (Wildman–Crippen LogP) is 8.89. The number of hydrogen-bond donors (Lipinski definition) is 0. The molecule has 2 aliphatic rings. The van der Waals surface area contributed by atoms with Crippen LogP contribution in [0.4, 0.5) is 0 Å². The molecule has 37 heavy (non-hydrogen) atoms. The third kappa shape index (κ3) is 2.91. The maximum absolute atomic E-state index is 9.19. The lowest BCUT2D eigenvalue weighted by atomic mass is 9.81. The fourth-order valence-electron chi connectivity index (χ4n) is 6.34. The van der Waals surface area contributed by atoms with Crippen LogP contribution >= 0.6 is 0 Å². The molecule has 5 aromatic rings. The van der Waals surface area contributed by atoms with Gasteiger partial charge in [-0.05, 0) is 90.2 Å². The summed E-state index contributed by atoms with van der Waals surface area (Å²) in [5.74, 6) is 0. The summed E-state index contributed by atoms with van der Waals surface area (Å²) in [5, 5.41) is 20.9. The van der Waals surface area contributed by atoms with E-state index < -0.39 is 0 Å². The molecule has 0 radical (unpaired) electrons. The van der Waals surface area contributed by atoms with Crippen molar-refractivity contribution < 1.29 is 0 Å². The van der Waals surface area contributed by atoms with E-state index in [1.54, 1.807) is 6.08 Å². The van der Waals surface area contributed by atoms with Crippen LogP contribution in [-0.2, 0) is 5.41 Å². The molecule has 0 aliphatic heterocycles. The molecule has 5 aromatic carbocycles. The Bertz CT molecular complexity index is 1910. The van der Waals surface area contributed by atoms with E-state index in [0.717, 1.165) is 11.1 Å². The molecule has 0 amide bonds. The topological polar surface area (TPSA) is 47.6 Å². The molecule has 0 N–H and O–H groups in total. The molecule has 0 bridgehead atoms. The minimum Gasteiger partial charge on any atom is -0.192 e. The molecule has 0 saturated carbocycles. The van der Waals surface area contributed by atoms with Crippen molar-refractivity contribution in [2.75, 3.05) is 0 Å². The van der Waals surface area contributed by atoms with Crippen LogP contribution in [0.2, 0.25) is 0 Å². The lowest BCUT2D eigenvalue weighted by Gasteiger charge is -2.22. The Hall–Kier alpha value is -4.92. The second-order valence-corrected chi connectivity index (χ2v) is 10.4. The van der Waals surface area contributed by atoms with E-state index in [4.69, 9.17) is 0 Å². The zero-order valence-corrected chi connectivity index (χ0v) is 20.6. The van der Waals surface area contributed by atoms with Crippen molar-refractivity contribution in [1.82, 2.24) is 0 Å². The lowest BCUT2D eigenvalue weighted by Crippen LogP contribution is -2.14. The molecule has 0 heterocycles. The van der Waals surface area contributed by atoms with E-state index in [1.165, 1.54) is 60.8 Å². The molecule has 2 heteroatoms. The number of rotatable bonds is 2. The normalized spacial score (nSPS) is 13.3. The van der Waals surface area contributed by atoms with Gasteiger partial charge >= 0.3 is 0 Å². The van der Waals surface area contributed by atoms with Gasteiger partial charge in [-0.25, -0.2) is 0 Å². The highest BCUT2D eigenvalue weighted by atomic mass is 14.4. The molecule has 0 aromatic heterocycles. The molecule has 0 atom stereocenters. The molecule has 0 spiro atoms. The second kappa shape index (κ2) is 7.54. The van der Waals surface area contributed by atoms with Gasteiger partial charge in [-0.3, -0.25) is 0 Å². The van der Waals surface area contributed by atoms with E-state index in [-0.39, 0.29) is 11.0 Å². The van der Waals surface area contributed by atoms with Crippen molar-refractivity contribution >= 4 is 16.8 Å². The predicted molar refractivity (Wildman–Crippen MR) is 151 cm³/mol. The van der Waals surface area contributed by atoms with Crippen LogP contribution in [0.5, 0.6) is 0 Å². The third-order valence-corrected chi connectivity index (χ3v) is 8.11. The summed E-state index contributed by atoms with van der Waals surface area (Å²) in [5.41, 5.74) is 13.6. The highest BCUT2D eigenvalue weighted by Gasteiger charge is 2.35. The summed E-state index contributed by atoms with van der Waals surface area (Å²) in [6.45, 7) is 4.64. The largest absolute Gasteiger partial charge is 0.192 e.